The van der Waals surface area contributed by atoms with Crippen LogP contribution in [0.25, 0.3) is 0 Å². The van der Waals surface area contributed by atoms with E-state index >= 15 is 0 Å². The second-order valence-electron chi connectivity index (χ2n) is 3.84. The molecule has 1 aromatic rings. The fraction of sp³-hybridized carbons (Fsp3) is 0.455. The predicted octanol–water partition coefficient (Wildman–Crippen LogP) is 2.16. The van der Waals surface area contributed by atoms with E-state index in [4.69, 9.17) is 11.5 Å². The lowest BCUT2D eigenvalue weighted by molar-refractivity contribution is 0.476. The Kier molecular flexibility index (Phi) is 2.62. The molecule has 1 aromatic carbocycles. The van der Waals surface area contributed by atoms with Crippen molar-refractivity contribution in [3.8, 4) is 0 Å². The largest absolute Gasteiger partial charge is 0.399 e. The minimum atomic E-state index is -0.262. The Bertz CT molecular complexity index is 303. The number of hydrogen-bond acceptors (Lipinski definition) is 2. The first kappa shape index (κ1) is 10.1. The van der Waals surface area contributed by atoms with Gasteiger partial charge in [-0.3, -0.25) is 0 Å². The third-order valence-electron chi connectivity index (χ3n) is 2.67. The molecule has 0 spiro atoms. The SMILES string of the molecule is CCC(C)(N)c1ccc(C)c(N)c1. The van der Waals surface area contributed by atoms with E-state index in [2.05, 4.69) is 13.0 Å². The molecule has 0 fully saturated rings. The number of hydrogen-bond donors (Lipinski definition) is 2. The maximum atomic E-state index is 6.10. The molecule has 0 radical (unpaired) electrons. The zero-order chi connectivity index (χ0) is 10.1. The maximum absolute atomic E-state index is 6.10. The van der Waals surface area contributed by atoms with E-state index in [-0.39, 0.29) is 5.54 Å². The normalized spacial score (nSPS) is 15.4. The zero-order valence-electron chi connectivity index (χ0n) is 8.59. The molecule has 0 aliphatic heterocycles. The van der Waals surface area contributed by atoms with E-state index in [9.17, 15) is 0 Å². The van der Waals surface area contributed by atoms with E-state index in [1.165, 1.54) is 0 Å². The van der Waals surface area contributed by atoms with Gasteiger partial charge >= 0.3 is 0 Å². The van der Waals surface area contributed by atoms with E-state index in [0.717, 1.165) is 23.2 Å². The van der Waals surface area contributed by atoms with E-state index in [1.807, 2.05) is 26.0 Å². The lowest BCUT2D eigenvalue weighted by Gasteiger charge is -2.23. The Morgan fingerprint density at radius 3 is 2.46 bits per heavy atom. The molecular weight excluding hydrogens is 160 g/mol. The van der Waals surface area contributed by atoms with Crippen molar-refractivity contribution < 1.29 is 0 Å². The van der Waals surface area contributed by atoms with Gasteiger partial charge in [0.25, 0.3) is 0 Å². The van der Waals surface area contributed by atoms with Gasteiger partial charge in [-0.1, -0.05) is 19.1 Å². The summed E-state index contributed by atoms with van der Waals surface area (Å²) in [6, 6.07) is 6.04. The molecule has 4 N–H and O–H groups in total. The van der Waals surface area contributed by atoms with Crippen molar-refractivity contribution >= 4 is 5.69 Å². The second-order valence-corrected chi connectivity index (χ2v) is 3.84. The summed E-state index contributed by atoms with van der Waals surface area (Å²) in [7, 11) is 0. The lowest BCUT2D eigenvalue weighted by Crippen LogP contribution is -2.31. The number of rotatable bonds is 2. The summed E-state index contributed by atoms with van der Waals surface area (Å²) in [6.07, 6.45) is 0.912. The highest BCUT2D eigenvalue weighted by molar-refractivity contribution is 5.49. The summed E-state index contributed by atoms with van der Waals surface area (Å²) in [5.74, 6) is 0. The molecular formula is C11H18N2. The summed E-state index contributed by atoms with van der Waals surface area (Å²) in [5.41, 5.74) is 14.7. The van der Waals surface area contributed by atoms with Crippen LogP contribution in [0, 0.1) is 6.92 Å². The molecule has 0 aromatic heterocycles. The summed E-state index contributed by atoms with van der Waals surface area (Å²) >= 11 is 0. The third kappa shape index (κ3) is 2.01. The first-order valence-electron chi connectivity index (χ1n) is 4.63. The molecule has 2 nitrogen and oxygen atoms in total. The van der Waals surface area contributed by atoms with Crippen molar-refractivity contribution in [2.75, 3.05) is 5.73 Å². The average Bonchev–Trinajstić information content (AvgIpc) is 2.09. The van der Waals surface area contributed by atoms with Crippen molar-refractivity contribution in [2.24, 2.45) is 5.73 Å². The van der Waals surface area contributed by atoms with E-state index in [1.54, 1.807) is 0 Å². The van der Waals surface area contributed by atoms with Crippen LogP contribution >= 0.6 is 0 Å². The van der Waals surface area contributed by atoms with Gasteiger partial charge in [-0.25, -0.2) is 0 Å². The van der Waals surface area contributed by atoms with Gasteiger partial charge in [0.2, 0.25) is 0 Å². The van der Waals surface area contributed by atoms with Crippen LogP contribution in [0.5, 0.6) is 0 Å². The van der Waals surface area contributed by atoms with E-state index in [0.29, 0.717) is 0 Å². The molecule has 1 unspecified atom stereocenters. The number of benzene rings is 1. The van der Waals surface area contributed by atoms with Gasteiger partial charge in [-0.2, -0.15) is 0 Å². The van der Waals surface area contributed by atoms with Gasteiger partial charge in [-0.15, -0.1) is 0 Å². The first-order valence-corrected chi connectivity index (χ1v) is 4.63. The molecule has 0 saturated heterocycles. The summed E-state index contributed by atoms with van der Waals surface area (Å²) in [5, 5.41) is 0. The Labute approximate surface area is 79.9 Å². The number of nitrogen functional groups attached to an aromatic ring is 1. The van der Waals surface area contributed by atoms with Crippen molar-refractivity contribution in [1.29, 1.82) is 0 Å². The summed E-state index contributed by atoms with van der Waals surface area (Å²) in [4.78, 5) is 0. The second kappa shape index (κ2) is 3.38. The van der Waals surface area contributed by atoms with Crippen LogP contribution in [0.2, 0.25) is 0 Å². The maximum Gasteiger partial charge on any atom is 0.0379 e. The molecule has 0 aliphatic carbocycles. The molecule has 1 atom stereocenters. The van der Waals surface area contributed by atoms with Gasteiger partial charge < -0.3 is 11.5 Å². The fourth-order valence-electron chi connectivity index (χ4n) is 1.20. The Morgan fingerprint density at radius 2 is 2.00 bits per heavy atom. The number of aryl methyl sites for hydroxylation is 1. The average molecular weight is 178 g/mol. The predicted molar refractivity (Wildman–Crippen MR) is 57.4 cm³/mol. The Morgan fingerprint density at radius 1 is 1.38 bits per heavy atom. The molecule has 13 heavy (non-hydrogen) atoms. The smallest absolute Gasteiger partial charge is 0.0379 e. The molecule has 0 heterocycles. The molecule has 2 heteroatoms. The Balaban J connectivity index is 3.10. The molecule has 72 valence electrons. The first-order chi connectivity index (χ1) is 5.97. The van der Waals surface area contributed by atoms with Crippen molar-refractivity contribution in [1.82, 2.24) is 0 Å². The van der Waals surface area contributed by atoms with Gasteiger partial charge in [0, 0.05) is 11.2 Å². The molecule has 1 rings (SSSR count). The van der Waals surface area contributed by atoms with Crippen LogP contribution in [-0.4, -0.2) is 0 Å². The third-order valence-corrected chi connectivity index (χ3v) is 2.67. The summed E-state index contributed by atoms with van der Waals surface area (Å²) < 4.78 is 0. The number of anilines is 1. The molecule has 0 saturated carbocycles. The molecule has 0 bridgehead atoms. The number of nitrogens with two attached hydrogens (primary N) is 2. The minimum absolute atomic E-state index is 0.262. The quantitative estimate of drug-likeness (QED) is 0.682. The standard InChI is InChI=1S/C11H18N2/c1-4-11(3,13)9-6-5-8(2)10(12)7-9/h5-7H,4,12-13H2,1-3H3. The minimum Gasteiger partial charge on any atom is -0.399 e. The van der Waals surface area contributed by atoms with Crippen LogP contribution in [-0.2, 0) is 5.54 Å². The van der Waals surface area contributed by atoms with Gasteiger partial charge in [0.05, 0.1) is 0 Å². The highest BCUT2D eigenvalue weighted by atomic mass is 14.7. The van der Waals surface area contributed by atoms with Gasteiger partial charge in [0.1, 0.15) is 0 Å². The monoisotopic (exact) mass is 178 g/mol. The van der Waals surface area contributed by atoms with Crippen molar-refractivity contribution in [2.45, 2.75) is 32.7 Å². The summed E-state index contributed by atoms with van der Waals surface area (Å²) in [6.45, 7) is 6.10. The van der Waals surface area contributed by atoms with Crippen LogP contribution < -0.4 is 11.5 Å². The lowest BCUT2D eigenvalue weighted by atomic mass is 9.89. The topological polar surface area (TPSA) is 52.0 Å². The highest BCUT2D eigenvalue weighted by Crippen LogP contribution is 2.24. The fourth-order valence-corrected chi connectivity index (χ4v) is 1.20. The van der Waals surface area contributed by atoms with Gasteiger partial charge in [-0.05, 0) is 37.5 Å². The van der Waals surface area contributed by atoms with Crippen LogP contribution in [0.4, 0.5) is 5.69 Å². The van der Waals surface area contributed by atoms with Crippen LogP contribution in [0.15, 0.2) is 18.2 Å². The van der Waals surface area contributed by atoms with Gasteiger partial charge in [0.15, 0.2) is 0 Å². The molecule has 0 amide bonds. The van der Waals surface area contributed by atoms with Crippen molar-refractivity contribution in [3.63, 3.8) is 0 Å². The van der Waals surface area contributed by atoms with Crippen LogP contribution in [0.3, 0.4) is 0 Å². The highest BCUT2D eigenvalue weighted by Gasteiger charge is 2.18. The zero-order valence-corrected chi connectivity index (χ0v) is 8.59. The van der Waals surface area contributed by atoms with Crippen molar-refractivity contribution in [3.05, 3.63) is 29.3 Å². The Hall–Kier alpha value is -1.02. The van der Waals surface area contributed by atoms with E-state index < -0.39 is 0 Å². The van der Waals surface area contributed by atoms with Crippen LogP contribution in [0.1, 0.15) is 31.4 Å². The molecule has 0 aliphatic rings.